The molecule has 0 radical (unpaired) electrons. The van der Waals surface area contributed by atoms with Crippen LogP contribution in [0.25, 0.3) is 0 Å². The number of carbonyl (C=O) groups is 3. The number of barbiturate groups is 1. The molecule has 25 heavy (non-hydrogen) atoms. The van der Waals surface area contributed by atoms with Crippen LogP contribution in [-0.2, 0) is 15.8 Å². The lowest BCUT2D eigenvalue weighted by molar-refractivity contribution is -0.140. The molecular weight excluding hydrogens is 339 g/mol. The first-order chi connectivity index (χ1) is 11.6. The Morgan fingerprint density at radius 3 is 2.60 bits per heavy atom. The molecule has 0 spiro atoms. The summed E-state index contributed by atoms with van der Waals surface area (Å²) in [5, 5.41) is 4.52. The van der Waals surface area contributed by atoms with Crippen LogP contribution in [0.2, 0.25) is 0 Å². The highest BCUT2D eigenvalue weighted by atomic mass is 19.4. The predicted octanol–water partition coefficient (Wildman–Crippen LogP) is 2.51. The summed E-state index contributed by atoms with van der Waals surface area (Å²) in [5.41, 5.74) is -1.04. The summed E-state index contributed by atoms with van der Waals surface area (Å²) in [4.78, 5) is 36.6. The number of rotatable bonds is 5. The second-order valence-electron chi connectivity index (χ2n) is 5.19. The number of anilines is 1. The van der Waals surface area contributed by atoms with Crippen molar-refractivity contribution in [1.82, 2.24) is 10.2 Å². The van der Waals surface area contributed by atoms with Gasteiger partial charge in [-0.25, -0.2) is 4.79 Å². The van der Waals surface area contributed by atoms with Crippen LogP contribution in [0.15, 0.2) is 49.2 Å². The van der Waals surface area contributed by atoms with Crippen molar-refractivity contribution in [3.05, 3.63) is 54.8 Å². The lowest BCUT2D eigenvalue weighted by Crippen LogP contribution is -2.58. The summed E-state index contributed by atoms with van der Waals surface area (Å²) in [6.45, 7) is 6.84. The van der Waals surface area contributed by atoms with Crippen LogP contribution in [0.5, 0.6) is 0 Å². The molecule has 1 aliphatic rings. The number of nitrogens with zero attached hydrogens (tertiary/aromatic N) is 1. The van der Waals surface area contributed by atoms with Crippen LogP contribution < -0.4 is 10.6 Å². The van der Waals surface area contributed by atoms with Crippen molar-refractivity contribution in [2.75, 3.05) is 11.9 Å². The van der Waals surface area contributed by atoms with E-state index in [-0.39, 0.29) is 17.9 Å². The second-order valence-corrected chi connectivity index (χ2v) is 5.19. The molecule has 132 valence electrons. The first-order valence-corrected chi connectivity index (χ1v) is 7.05. The highest BCUT2D eigenvalue weighted by Gasteiger charge is 2.41. The molecule has 1 atom stereocenters. The van der Waals surface area contributed by atoms with Gasteiger partial charge in [-0.05, 0) is 18.2 Å². The van der Waals surface area contributed by atoms with E-state index >= 15 is 0 Å². The van der Waals surface area contributed by atoms with Gasteiger partial charge in [0.05, 0.1) is 5.56 Å². The molecule has 2 rings (SSSR count). The number of alkyl halides is 3. The third-order valence-corrected chi connectivity index (χ3v) is 3.41. The summed E-state index contributed by atoms with van der Waals surface area (Å²) < 4.78 is 38.2. The Labute approximate surface area is 141 Å². The number of imide groups is 2. The fraction of sp³-hybridized carbons (Fsp3) is 0.188. The van der Waals surface area contributed by atoms with Crippen molar-refractivity contribution in [3.8, 4) is 0 Å². The molecule has 0 unspecified atom stereocenters. The van der Waals surface area contributed by atoms with E-state index in [1.54, 1.807) is 0 Å². The number of nitrogens with one attached hydrogen (secondary N) is 2. The van der Waals surface area contributed by atoms with Crippen LogP contribution >= 0.6 is 0 Å². The van der Waals surface area contributed by atoms with Gasteiger partial charge in [-0.1, -0.05) is 18.7 Å². The second kappa shape index (κ2) is 6.80. The highest BCUT2D eigenvalue weighted by molar-refractivity contribution is 6.18. The molecule has 9 heteroatoms. The maximum absolute atomic E-state index is 12.7. The number of hydrogen-bond donors (Lipinski definition) is 2. The molecule has 1 aromatic carbocycles. The van der Waals surface area contributed by atoms with Gasteiger partial charge in [0.1, 0.15) is 0 Å². The molecular formula is C16H14F3N3O3. The van der Waals surface area contributed by atoms with Gasteiger partial charge in [0.15, 0.2) is 5.92 Å². The van der Waals surface area contributed by atoms with E-state index in [0.717, 1.165) is 17.0 Å². The van der Waals surface area contributed by atoms with E-state index in [9.17, 15) is 27.6 Å². The van der Waals surface area contributed by atoms with E-state index in [1.807, 2.05) is 5.32 Å². The Bertz CT molecular complexity index is 758. The van der Waals surface area contributed by atoms with Crippen molar-refractivity contribution in [1.29, 1.82) is 0 Å². The summed E-state index contributed by atoms with van der Waals surface area (Å²) >= 11 is 0. The number of benzene rings is 1. The maximum atomic E-state index is 12.7. The van der Waals surface area contributed by atoms with Crippen LogP contribution in [0.3, 0.4) is 0 Å². The molecule has 0 bridgehead atoms. The Kier molecular flexibility index (Phi) is 4.96. The monoisotopic (exact) mass is 353 g/mol. The first kappa shape index (κ1) is 18.2. The van der Waals surface area contributed by atoms with E-state index < -0.39 is 35.5 Å². The Hall–Kier alpha value is -3.10. The van der Waals surface area contributed by atoms with Gasteiger partial charge in [-0.2, -0.15) is 13.2 Å². The molecule has 1 fully saturated rings. The molecule has 0 saturated carbocycles. The highest BCUT2D eigenvalue weighted by Crippen LogP contribution is 2.31. The van der Waals surface area contributed by atoms with Crippen LogP contribution in [0.4, 0.5) is 23.7 Å². The zero-order chi connectivity index (χ0) is 18.8. The molecule has 6 nitrogen and oxygen atoms in total. The molecule has 0 aliphatic carbocycles. The summed E-state index contributed by atoms with van der Waals surface area (Å²) in [6.07, 6.45) is -3.24. The number of amides is 4. The fourth-order valence-corrected chi connectivity index (χ4v) is 2.25. The van der Waals surface area contributed by atoms with Gasteiger partial charge < -0.3 is 5.32 Å². The maximum Gasteiger partial charge on any atom is 0.416 e. The standard InChI is InChI=1S/C16H14F3N3O3/c1-3-7-22-14(24)12(13(23)21-15(22)25)9(2)20-11-6-4-5-10(8-11)16(17,18)19/h3-6,8,12,20H,1-2,7H2,(H,21,23,25)/t12-/m1/s1. The van der Waals surface area contributed by atoms with Crippen molar-refractivity contribution in [2.45, 2.75) is 6.18 Å². The zero-order valence-corrected chi connectivity index (χ0v) is 12.9. The SMILES string of the molecule is C=CCN1C(=O)NC(=O)[C@@H](C(=C)Nc2cccc(C(F)(F)F)c2)C1=O. The predicted molar refractivity (Wildman–Crippen MR) is 83.1 cm³/mol. The van der Waals surface area contributed by atoms with Crippen LogP contribution in [0, 0.1) is 5.92 Å². The van der Waals surface area contributed by atoms with Gasteiger partial charge in [-0.15, -0.1) is 6.58 Å². The topological polar surface area (TPSA) is 78.5 Å². The van der Waals surface area contributed by atoms with Crippen LogP contribution in [0.1, 0.15) is 5.56 Å². The van der Waals surface area contributed by atoms with Gasteiger partial charge in [0, 0.05) is 17.9 Å². The minimum absolute atomic E-state index is 0.00703. The van der Waals surface area contributed by atoms with E-state index in [4.69, 9.17) is 0 Å². The molecule has 0 aromatic heterocycles. The van der Waals surface area contributed by atoms with Gasteiger partial charge >= 0.3 is 12.2 Å². The van der Waals surface area contributed by atoms with Crippen molar-refractivity contribution >= 4 is 23.5 Å². The smallest absolute Gasteiger partial charge is 0.358 e. The quantitative estimate of drug-likeness (QED) is 0.630. The Morgan fingerprint density at radius 2 is 2.00 bits per heavy atom. The Balaban J connectivity index is 2.22. The molecule has 1 aliphatic heterocycles. The van der Waals surface area contributed by atoms with E-state index in [0.29, 0.717) is 0 Å². The first-order valence-electron chi connectivity index (χ1n) is 7.05. The lowest BCUT2D eigenvalue weighted by Gasteiger charge is -2.30. The average molecular weight is 353 g/mol. The molecule has 1 heterocycles. The Morgan fingerprint density at radius 1 is 1.32 bits per heavy atom. The number of halogens is 3. The van der Waals surface area contributed by atoms with Crippen molar-refractivity contribution in [3.63, 3.8) is 0 Å². The number of hydrogen-bond acceptors (Lipinski definition) is 4. The van der Waals surface area contributed by atoms with Crippen LogP contribution in [-0.4, -0.2) is 29.3 Å². The molecule has 2 N–H and O–H groups in total. The minimum atomic E-state index is -4.54. The molecule has 1 saturated heterocycles. The fourth-order valence-electron chi connectivity index (χ4n) is 2.25. The minimum Gasteiger partial charge on any atom is -0.358 e. The molecule has 4 amide bonds. The van der Waals surface area contributed by atoms with E-state index in [1.165, 1.54) is 18.2 Å². The lowest BCUT2D eigenvalue weighted by atomic mass is 10.0. The summed E-state index contributed by atoms with van der Waals surface area (Å²) in [6, 6.07) is 3.32. The van der Waals surface area contributed by atoms with Gasteiger partial charge in [0.25, 0.3) is 0 Å². The van der Waals surface area contributed by atoms with Gasteiger partial charge in [0.2, 0.25) is 11.8 Å². The summed E-state index contributed by atoms with van der Waals surface area (Å²) in [5.74, 6) is -3.19. The third-order valence-electron chi connectivity index (χ3n) is 3.41. The van der Waals surface area contributed by atoms with Crippen molar-refractivity contribution in [2.24, 2.45) is 5.92 Å². The summed E-state index contributed by atoms with van der Waals surface area (Å²) in [7, 11) is 0. The van der Waals surface area contributed by atoms with Gasteiger partial charge in [-0.3, -0.25) is 19.8 Å². The normalized spacial score (nSPS) is 18.0. The number of urea groups is 1. The zero-order valence-electron chi connectivity index (χ0n) is 12.9. The van der Waals surface area contributed by atoms with Crippen molar-refractivity contribution < 1.29 is 27.6 Å². The average Bonchev–Trinajstić information content (AvgIpc) is 2.50. The largest absolute Gasteiger partial charge is 0.416 e. The molecule has 1 aromatic rings. The third kappa shape index (κ3) is 3.87. The van der Waals surface area contributed by atoms with E-state index in [2.05, 4.69) is 18.5 Å². The number of carbonyl (C=O) groups excluding carboxylic acids is 3.